The first-order chi connectivity index (χ1) is 22.1. The Balaban J connectivity index is 1.10. The first kappa shape index (κ1) is 32.5. The molecule has 4 aromatic rings. The molecule has 0 aliphatic carbocycles. The highest BCUT2D eigenvalue weighted by Gasteiger charge is 2.27. The molecule has 2 heterocycles. The molecule has 1 aliphatic rings. The summed E-state index contributed by atoms with van der Waals surface area (Å²) in [6.45, 7) is 9.48. The van der Waals surface area contributed by atoms with Crippen LogP contribution < -0.4 is 20.1 Å². The molecule has 1 aromatic heterocycles. The molecule has 1 fully saturated rings. The molecule has 1 aliphatic heterocycles. The highest BCUT2D eigenvalue weighted by Crippen LogP contribution is 2.30. The van der Waals surface area contributed by atoms with Crippen molar-refractivity contribution in [2.75, 3.05) is 40.0 Å². The van der Waals surface area contributed by atoms with Crippen molar-refractivity contribution in [2.24, 2.45) is 0 Å². The van der Waals surface area contributed by atoms with E-state index < -0.39 is 0 Å². The van der Waals surface area contributed by atoms with E-state index in [1.807, 2.05) is 31.2 Å². The van der Waals surface area contributed by atoms with Crippen molar-refractivity contribution in [1.29, 1.82) is 0 Å². The van der Waals surface area contributed by atoms with Crippen molar-refractivity contribution in [1.82, 2.24) is 15.2 Å². The number of carbonyl (C=O) groups excluding carboxylic acids is 1. The Morgan fingerprint density at radius 2 is 1.89 bits per heavy atom. The molecule has 0 spiro atoms. The normalized spacial score (nSPS) is 16.5. The average molecular weight is 614 g/mol. The van der Waals surface area contributed by atoms with Crippen LogP contribution in [0.25, 0.3) is 10.9 Å². The number of ether oxygens (including phenoxy) is 4. The summed E-state index contributed by atoms with van der Waals surface area (Å²) in [5.74, 6) is 2.12. The minimum absolute atomic E-state index is 0.0808. The molecule has 1 saturated heterocycles. The van der Waals surface area contributed by atoms with Gasteiger partial charge in [0.15, 0.2) is 0 Å². The second-order valence-corrected chi connectivity index (χ2v) is 11.6. The number of aryl methyl sites for hydroxylation is 1. The zero-order valence-corrected chi connectivity index (χ0v) is 26.8. The number of methoxy groups -OCH3 is 1. The molecule has 0 bridgehead atoms. The molecule has 240 valence electrons. The smallest absolute Gasteiger partial charge is 0.219 e. The van der Waals surface area contributed by atoms with Gasteiger partial charge in [0.2, 0.25) is 5.91 Å². The molecular weight excluding hydrogens is 566 g/mol. The number of rotatable bonds is 16. The summed E-state index contributed by atoms with van der Waals surface area (Å²) in [5.41, 5.74) is 5.90. The van der Waals surface area contributed by atoms with Crippen LogP contribution in [-0.2, 0) is 34.0 Å². The third kappa shape index (κ3) is 8.87. The summed E-state index contributed by atoms with van der Waals surface area (Å²) in [6.07, 6.45) is 4.59. The number of hydrogen-bond donors (Lipinski definition) is 2. The van der Waals surface area contributed by atoms with Gasteiger partial charge in [-0.1, -0.05) is 49.4 Å². The van der Waals surface area contributed by atoms with E-state index in [0.717, 1.165) is 55.1 Å². The van der Waals surface area contributed by atoms with Crippen LogP contribution >= 0.6 is 0 Å². The second kappa shape index (κ2) is 16.5. The lowest BCUT2D eigenvalue weighted by Gasteiger charge is -2.32. The maximum atomic E-state index is 11.7. The molecule has 0 saturated carbocycles. The van der Waals surface area contributed by atoms with E-state index in [9.17, 15) is 4.79 Å². The molecular formula is C37H47N3O5. The Morgan fingerprint density at radius 1 is 1.04 bits per heavy atom. The number of nitrogens with zero attached hydrogens (tertiary/aromatic N) is 1. The Hall–Kier alpha value is -3.85. The van der Waals surface area contributed by atoms with Crippen molar-refractivity contribution in [3.05, 3.63) is 95.2 Å². The van der Waals surface area contributed by atoms with Gasteiger partial charge in [0.25, 0.3) is 0 Å². The molecule has 2 atom stereocenters. The van der Waals surface area contributed by atoms with Gasteiger partial charge in [-0.2, -0.15) is 0 Å². The quantitative estimate of drug-likeness (QED) is 0.148. The van der Waals surface area contributed by atoms with E-state index in [0.29, 0.717) is 45.3 Å². The lowest BCUT2D eigenvalue weighted by Crippen LogP contribution is -2.40. The molecule has 5 rings (SSSR count). The maximum absolute atomic E-state index is 11.7. The van der Waals surface area contributed by atoms with Crippen molar-refractivity contribution >= 4 is 16.8 Å². The highest BCUT2D eigenvalue weighted by atomic mass is 16.5. The SMILES string of the molecule is CCC(=O)NCCn1cc(C)c2ccc(COC3CNCC[C@@H]3c3ccc(OCCCOCc4ccccc4OC)cc3)cc21. The molecule has 0 radical (unpaired) electrons. The van der Waals surface area contributed by atoms with Crippen molar-refractivity contribution in [3.63, 3.8) is 0 Å². The Bertz CT molecular complexity index is 1520. The number of benzene rings is 3. The monoisotopic (exact) mass is 613 g/mol. The number of aromatic nitrogens is 1. The topological polar surface area (TPSA) is 83.0 Å². The van der Waals surface area contributed by atoms with E-state index in [1.165, 1.54) is 22.0 Å². The zero-order valence-electron chi connectivity index (χ0n) is 26.8. The van der Waals surface area contributed by atoms with Crippen LogP contribution in [0.15, 0.2) is 72.9 Å². The van der Waals surface area contributed by atoms with E-state index in [4.69, 9.17) is 18.9 Å². The van der Waals surface area contributed by atoms with Gasteiger partial charge >= 0.3 is 0 Å². The van der Waals surface area contributed by atoms with Gasteiger partial charge in [0.1, 0.15) is 11.5 Å². The first-order valence-corrected chi connectivity index (χ1v) is 16.2. The number of para-hydroxylation sites is 1. The number of carbonyl (C=O) groups is 1. The summed E-state index contributed by atoms with van der Waals surface area (Å²) in [6, 6.07) is 23.0. The maximum Gasteiger partial charge on any atom is 0.219 e. The molecule has 1 unspecified atom stereocenters. The summed E-state index contributed by atoms with van der Waals surface area (Å²) in [7, 11) is 1.68. The predicted octanol–water partition coefficient (Wildman–Crippen LogP) is 6.13. The summed E-state index contributed by atoms with van der Waals surface area (Å²) in [5, 5.41) is 7.73. The van der Waals surface area contributed by atoms with Crippen LogP contribution in [0.2, 0.25) is 0 Å². The van der Waals surface area contributed by atoms with Crippen molar-refractivity contribution in [2.45, 2.75) is 64.9 Å². The van der Waals surface area contributed by atoms with Gasteiger partial charge < -0.3 is 34.1 Å². The molecule has 1 amide bonds. The van der Waals surface area contributed by atoms with E-state index in [1.54, 1.807) is 7.11 Å². The Labute approximate surface area is 267 Å². The Morgan fingerprint density at radius 3 is 2.71 bits per heavy atom. The fourth-order valence-corrected chi connectivity index (χ4v) is 5.99. The van der Waals surface area contributed by atoms with Gasteiger partial charge in [-0.25, -0.2) is 0 Å². The number of piperidine rings is 1. The van der Waals surface area contributed by atoms with Crippen LogP contribution in [0.1, 0.15) is 54.4 Å². The lowest BCUT2D eigenvalue weighted by atomic mass is 9.87. The summed E-state index contributed by atoms with van der Waals surface area (Å²) in [4.78, 5) is 11.7. The van der Waals surface area contributed by atoms with Crippen molar-refractivity contribution < 1.29 is 23.7 Å². The number of fused-ring (bicyclic) bond motifs is 1. The fraction of sp³-hybridized carbons (Fsp3) is 0.432. The first-order valence-electron chi connectivity index (χ1n) is 16.2. The van der Waals surface area contributed by atoms with E-state index >= 15 is 0 Å². The van der Waals surface area contributed by atoms with Gasteiger partial charge in [-0.05, 0) is 60.8 Å². The fourth-order valence-electron chi connectivity index (χ4n) is 5.99. The highest BCUT2D eigenvalue weighted by molar-refractivity contribution is 5.84. The zero-order chi connectivity index (χ0) is 31.4. The summed E-state index contributed by atoms with van der Waals surface area (Å²) >= 11 is 0. The van der Waals surface area contributed by atoms with Crippen LogP contribution in [0.4, 0.5) is 0 Å². The van der Waals surface area contributed by atoms with Gasteiger partial charge in [-0.15, -0.1) is 0 Å². The third-order valence-electron chi connectivity index (χ3n) is 8.49. The molecule has 3 aromatic carbocycles. The molecule has 8 nitrogen and oxygen atoms in total. The van der Waals surface area contributed by atoms with Crippen LogP contribution in [0, 0.1) is 6.92 Å². The van der Waals surface area contributed by atoms with Gasteiger partial charge in [0.05, 0.1) is 39.6 Å². The van der Waals surface area contributed by atoms with Crippen molar-refractivity contribution in [3.8, 4) is 11.5 Å². The minimum atomic E-state index is 0.0808. The number of nitrogens with one attached hydrogen (secondary N) is 2. The average Bonchev–Trinajstić information content (AvgIpc) is 3.39. The third-order valence-corrected chi connectivity index (χ3v) is 8.49. The Kier molecular flexibility index (Phi) is 11.9. The predicted molar refractivity (Wildman–Crippen MR) is 178 cm³/mol. The van der Waals surface area contributed by atoms with Crippen LogP contribution in [0.3, 0.4) is 0 Å². The molecule has 45 heavy (non-hydrogen) atoms. The largest absolute Gasteiger partial charge is 0.496 e. The molecule has 8 heteroatoms. The minimum Gasteiger partial charge on any atom is -0.496 e. The lowest BCUT2D eigenvalue weighted by molar-refractivity contribution is -0.120. The standard InChI is InChI=1S/C37H47N3O5/c1-4-37(41)39-18-19-40-24-27(2)32-15-10-28(22-34(32)40)25-45-36-23-38-17-16-33(36)29-11-13-31(14-12-29)44-21-7-20-43-26-30-8-5-6-9-35(30)42-3/h5-6,8-15,22,24,33,36,38H,4,7,16-21,23,25-26H2,1-3H3,(H,39,41)/t33-,36?/m1/s1. The van der Waals surface area contributed by atoms with E-state index in [2.05, 4.69) is 70.8 Å². The van der Waals surface area contributed by atoms with Crippen LogP contribution in [0.5, 0.6) is 11.5 Å². The number of hydrogen-bond acceptors (Lipinski definition) is 6. The summed E-state index contributed by atoms with van der Waals surface area (Å²) < 4.78 is 26.0. The van der Waals surface area contributed by atoms with E-state index in [-0.39, 0.29) is 12.0 Å². The van der Waals surface area contributed by atoms with Gasteiger partial charge in [-0.3, -0.25) is 4.79 Å². The molecule has 2 N–H and O–H groups in total. The number of amides is 1. The van der Waals surface area contributed by atoms with Gasteiger partial charge in [0, 0.05) is 61.1 Å². The second-order valence-electron chi connectivity index (χ2n) is 11.6. The van der Waals surface area contributed by atoms with Crippen LogP contribution in [-0.4, -0.2) is 56.5 Å².